The van der Waals surface area contributed by atoms with Gasteiger partial charge in [0.15, 0.2) is 5.82 Å². The van der Waals surface area contributed by atoms with Gasteiger partial charge in [-0.1, -0.05) is 45.0 Å². The van der Waals surface area contributed by atoms with Gasteiger partial charge >= 0.3 is 6.55 Å². The van der Waals surface area contributed by atoms with Crippen LogP contribution in [-0.4, -0.2) is 56.3 Å². The number of carbonyl (C=O) groups is 2. The Morgan fingerprint density at radius 1 is 1.24 bits per heavy atom. The fourth-order valence-corrected chi connectivity index (χ4v) is 3.94. The topological polar surface area (TPSA) is 113 Å². The van der Waals surface area contributed by atoms with Crippen LogP contribution in [-0.2, 0) is 9.59 Å². The number of rotatable bonds is 6. The Kier molecular flexibility index (Phi) is 7.37. The maximum Gasteiger partial charge on any atom is 0.333 e. The molecule has 1 aliphatic heterocycles. The van der Waals surface area contributed by atoms with Gasteiger partial charge in [-0.3, -0.25) is 9.59 Å². The van der Waals surface area contributed by atoms with E-state index in [-0.39, 0.29) is 24.2 Å². The van der Waals surface area contributed by atoms with E-state index in [2.05, 4.69) is 10.4 Å². The van der Waals surface area contributed by atoms with Gasteiger partial charge in [-0.2, -0.15) is 13.9 Å². The highest BCUT2D eigenvalue weighted by molar-refractivity contribution is 5.91. The van der Waals surface area contributed by atoms with Crippen molar-refractivity contribution in [3.8, 4) is 11.3 Å². The molecule has 0 aliphatic carbocycles. The zero-order chi connectivity index (χ0) is 25.4. The van der Waals surface area contributed by atoms with E-state index in [0.29, 0.717) is 10.2 Å². The SMILES string of the molecule is C[C@H](NC(=O)[C@@H]1C[C@@H](O)CN1C(=O)[C@@H](N)C(C)(C)C)c1ccc(-c2c(F)cnn2C(F)F)cc1. The molecule has 1 aromatic carbocycles. The minimum atomic E-state index is -2.99. The molecule has 0 spiro atoms. The molecular formula is C23H30F3N5O3. The molecule has 1 saturated heterocycles. The van der Waals surface area contributed by atoms with Gasteiger partial charge in [-0.15, -0.1) is 0 Å². The van der Waals surface area contributed by atoms with Crippen LogP contribution >= 0.6 is 0 Å². The van der Waals surface area contributed by atoms with Gasteiger partial charge in [-0.25, -0.2) is 9.07 Å². The van der Waals surface area contributed by atoms with Crippen LogP contribution in [0, 0.1) is 11.2 Å². The number of nitrogens with one attached hydrogen (secondary N) is 1. The first-order valence-electron chi connectivity index (χ1n) is 11.0. The molecule has 0 saturated carbocycles. The maximum absolute atomic E-state index is 14.0. The molecule has 2 aromatic rings. The average Bonchev–Trinajstić information content (AvgIpc) is 3.35. The third-order valence-electron chi connectivity index (χ3n) is 6.04. The first-order chi connectivity index (χ1) is 15.8. The minimum absolute atomic E-state index is 0.0210. The number of nitrogens with zero attached hydrogens (tertiary/aromatic N) is 3. The predicted molar refractivity (Wildman–Crippen MR) is 119 cm³/mol. The van der Waals surface area contributed by atoms with Crippen molar-refractivity contribution in [1.82, 2.24) is 20.0 Å². The highest BCUT2D eigenvalue weighted by Gasteiger charge is 2.42. The number of aromatic nitrogens is 2. The number of benzene rings is 1. The number of hydrogen-bond acceptors (Lipinski definition) is 5. The van der Waals surface area contributed by atoms with Crippen molar-refractivity contribution in [2.45, 2.75) is 64.9 Å². The lowest BCUT2D eigenvalue weighted by atomic mass is 9.86. The molecule has 186 valence electrons. The van der Waals surface area contributed by atoms with E-state index in [1.807, 2.05) is 20.8 Å². The summed E-state index contributed by atoms with van der Waals surface area (Å²) < 4.78 is 40.5. The number of aliphatic hydroxyl groups is 1. The van der Waals surface area contributed by atoms with Crippen LogP contribution in [0.4, 0.5) is 13.2 Å². The van der Waals surface area contributed by atoms with E-state index in [1.54, 1.807) is 19.1 Å². The van der Waals surface area contributed by atoms with Crippen molar-refractivity contribution < 1.29 is 27.9 Å². The van der Waals surface area contributed by atoms with Crippen molar-refractivity contribution in [2.24, 2.45) is 11.1 Å². The molecule has 0 radical (unpaired) electrons. The molecule has 0 bridgehead atoms. The van der Waals surface area contributed by atoms with E-state index in [1.165, 1.54) is 17.0 Å². The Labute approximate surface area is 195 Å². The lowest BCUT2D eigenvalue weighted by molar-refractivity contribution is -0.141. The van der Waals surface area contributed by atoms with Crippen molar-refractivity contribution in [3.63, 3.8) is 0 Å². The van der Waals surface area contributed by atoms with E-state index in [9.17, 15) is 27.9 Å². The quantitative estimate of drug-likeness (QED) is 0.587. The molecular weight excluding hydrogens is 451 g/mol. The van der Waals surface area contributed by atoms with Gasteiger partial charge in [-0.05, 0) is 17.9 Å². The van der Waals surface area contributed by atoms with Gasteiger partial charge in [0.1, 0.15) is 11.7 Å². The Hall–Kier alpha value is -2.92. The highest BCUT2D eigenvalue weighted by Crippen LogP contribution is 2.29. The molecule has 11 heteroatoms. The van der Waals surface area contributed by atoms with Crippen LogP contribution in [0.5, 0.6) is 0 Å². The molecule has 1 fully saturated rings. The van der Waals surface area contributed by atoms with Crippen LogP contribution in [0.15, 0.2) is 30.5 Å². The summed E-state index contributed by atoms with van der Waals surface area (Å²) in [5.74, 6) is -1.71. The monoisotopic (exact) mass is 481 g/mol. The molecule has 2 heterocycles. The summed E-state index contributed by atoms with van der Waals surface area (Å²) in [4.78, 5) is 27.2. The van der Waals surface area contributed by atoms with Crippen molar-refractivity contribution in [1.29, 1.82) is 0 Å². The van der Waals surface area contributed by atoms with Crippen LogP contribution in [0.2, 0.25) is 0 Å². The van der Waals surface area contributed by atoms with Gasteiger partial charge < -0.3 is 21.1 Å². The summed E-state index contributed by atoms with van der Waals surface area (Å²) >= 11 is 0. The Morgan fingerprint density at radius 3 is 2.41 bits per heavy atom. The summed E-state index contributed by atoms with van der Waals surface area (Å²) in [6.45, 7) is 4.22. The Morgan fingerprint density at radius 2 is 1.85 bits per heavy atom. The van der Waals surface area contributed by atoms with Gasteiger partial charge in [0.05, 0.1) is 24.4 Å². The summed E-state index contributed by atoms with van der Waals surface area (Å²) in [5, 5.41) is 16.3. The number of β-amino-alcohol motifs (C(OH)–C–C–N with tert-alkyl or cyclic N) is 1. The average molecular weight is 482 g/mol. The Balaban J connectivity index is 1.73. The number of nitrogens with two attached hydrogens (primary N) is 1. The van der Waals surface area contributed by atoms with Crippen LogP contribution in [0.1, 0.15) is 52.3 Å². The van der Waals surface area contributed by atoms with Crippen molar-refractivity contribution >= 4 is 11.8 Å². The van der Waals surface area contributed by atoms with Crippen LogP contribution < -0.4 is 11.1 Å². The predicted octanol–water partition coefficient (Wildman–Crippen LogP) is 2.60. The zero-order valence-corrected chi connectivity index (χ0v) is 19.5. The van der Waals surface area contributed by atoms with Gasteiger partial charge in [0.25, 0.3) is 0 Å². The fraction of sp³-hybridized carbons (Fsp3) is 0.522. The second-order valence-electron chi connectivity index (χ2n) is 9.66. The van der Waals surface area contributed by atoms with E-state index in [0.717, 1.165) is 6.20 Å². The number of likely N-dealkylation sites (tertiary alicyclic amines) is 1. The number of alkyl halides is 2. The lowest BCUT2D eigenvalue weighted by Crippen LogP contribution is -2.55. The van der Waals surface area contributed by atoms with Crippen molar-refractivity contribution in [2.75, 3.05) is 6.54 Å². The zero-order valence-electron chi connectivity index (χ0n) is 19.5. The fourth-order valence-electron chi connectivity index (χ4n) is 3.94. The Bertz CT molecular complexity index is 1040. The normalized spacial score (nSPS) is 20.5. The summed E-state index contributed by atoms with van der Waals surface area (Å²) in [5.41, 5.74) is 6.09. The van der Waals surface area contributed by atoms with Gasteiger partial charge in [0, 0.05) is 18.5 Å². The molecule has 34 heavy (non-hydrogen) atoms. The minimum Gasteiger partial charge on any atom is -0.391 e. The molecule has 8 nitrogen and oxygen atoms in total. The summed E-state index contributed by atoms with van der Waals surface area (Å²) in [6, 6.07) is 3.90. The highest BCUT2D eigenvalue weighted by atomic mass is 19.3. The molecule has 2 amide bonds. The molecule has 1 aliphatic rings. The van der Waals surface area contributed by atoms with Crippen LogP contribution in [0.3, 0.4) is 0 Å². The number of amides is 2. The van der Waals surface area contributed by atoms with Crippen LogP contribution in [0.25, 0.3) is 11.3 Å². The molecule has 0 unspecified atom stereocenters. The van der Waals surface area contributed by atoms with Crippen molar-refractivity contribution in [3.05, 3.63) is 41.8 Å². The maximum atomic E-state index is 14.0. The first-order valence-corrected chi connectivity index (χ1v) is 11.0. The molecule has 1 aromatic heterocycles. The third-order valence-corrected chi connectivity index (χ3v) is 6.04. The number of hydrogen-bond donors (Lipinski definition) is 3. The third kappa shape index (κ3) is 5.25. The van der Waals surface area contributed by atoms with E-state index >= 15 is 0 Å². The van der Waals surface area contributed by atoms with E-state index in [4.69, 9.17) is 5.73 Å². The summed E-state index contributed by atoms with van der Waals surface area (Å²) in [7, 11) is 0. The summed E-state index contributed by atoms with van der Waals surface area (Å²) in [6.07, 6.45) is -0.0137. The first kappa shape index (κ1) is 25.7. The number of carbonyl (C=O) groups excluding carboxylic acids is 2. The van der Waals surface area contributed by atoms with E-state index < -0.39 is 53.8 Å². The van der Waals surface area contributed by atoms with Gasteiger partial charge in [0.2, 0.25) is 11.8 Å². The molecule has 3 rings (SSSR count). The molecule has 4 atom stereocenters. The number of halogens is 3. The lowest BCUT2D eigenvalue weighted by Gasteiger charge is -2.32. The second-order valence-corrected chi connectivity index (χ2v) is 9.66. The smallest absolute Gasteiger partial charge is 0.333 e. The standard InChI is InChI=1S/C23H30F3N5O3/c1-12(13-5-7-14(8-6-13)18-16(24)10-28-31(18)22(25)26)29-20(33)17-9-15(32)11-30(17)21(34)19(27)23(2,3)4/h5-8,10,12,15,17,19,22,32H,9,11,27H2,1-4H3,(H,29,33)/t12-,15+,17-,19+/m0/s1. The largest absolute Gasteiger partial charge is 0.391 e. The number of aliphatic hydroxyl groups excluding tert-OH is 1. The second kappa shape index (κ2) is 9.75. The molecule has 4 N–H and O–H groups in total.